The van der Waals surface area contributed by atoms with Gasteiger partial charge in [0.2, 0.25) is 0 Å². The Bertz CT molecular complexity index is 1210. The van der Waals surface area contributed by atoms with Gasteiger partial charge in [-0.3, -0.25) is 14.5 Å². The maximum absolute atomic E-state index is 13.1. The molecular formula is C25H34N6O3. The highest BCUT2D eigenvalue weighted by Gasteiger charge is 2.33. The summed E-state index contributed by atoms with van der Waals surface area (Å²) in [4.78, 5) is 30.6. The van der Waals surface area contributed by atoms with Crippen LogP contribution in [-0.2, 0) is 22.6 Å². The van der Waals surface area contributed by atoms with Gasteiger partial charge in [-0.25, -0.2) is 4.68 Å². The van der Waals surface area contributed by atoms with Crippen LogP contribution in [0.1, 0.15) is 74.5 Å². The van der Waals surface area contributed by atoms with Crippen LogP contribution in [0.4, 0.5) is 0 Å². The van der Waals surface area contributed by atoms with E-state index in [9.17, 15) is 9.59 Å². The quantitative estimate of drug-likeness (QED) is 0.480. The van der Waals surface area contributed by atoms with Gasteiger partial charge in [0.15, 0.2) is 5.82 Å². The molecule has 1 atom stereocenters. The maximum Gasteiger partial charge on any atom is 0.327 e. The molecule has 9 nitrogen and oxygen atoms in total. The van der Waals surface area contributed by atoms with Gasteiger partial charge in [-0.15, -0.1) is 5.10 Å². The van der Waals surface area contributed by atoms with E-state index in [4.69, 9.17) is 4.74 Å². The third-order valence-electron chi connectivity index (χ3n) is 6.91. The van der Waals surface area contributed by atoms with E-state index in [2.05, 4.69) is 52.2 Å². The maximum atomic E-state index is 13.1. The van der Waals surface area contributed by atoms with Gasteiger partial charge in [0, 0.05) is 23.7 Å². The highest BCUT2D eigenvalue weighted by molar-refractivity contribution is 5.80. The lowest BCUT2D eigenvalue weighted by Crippen LogP contribution is -2.39. The van der Waals surface area contributed by atoms with E-state index in [1.165, 1.54) is 10.2 Å². The summed E-state index contributed by atoms with van der Waals surface area (Å²) < 4.78 is 6.63. The van der Waals surface area contributed by atoms with Crippen molar-refractivity contribution in [3.05, 3.63) is 51.1 Å². The van der Waals surface area contributed by atoms with Crippen LogP contribution in [0.25, 0.3) is 10.9 Å². The predicted molar refractivity (Wildman–Crippen MR) is 129 cm³/mol. The fourth-order valence-corrected chi connectivity index (χ4v) is 5.02. The Morgan fingerprint density at radius 1 is 1.21 bits per heavy atom. The molecule has 0 saturated heterocycles. The number of nitrogens with one attached hydrogen (secondary N) is 1. The molecular weight excluding hydrogens is 432 g/mol. The minimum Gasteiger partial charge on any atom is -0.465 e. The van der Waals surface area contributed by atoms with Gasteiger partial charge in [-0.05, 0) is 85.2 Å². The lowest BCUT2D eigenvalue weighted by atomic mass is 10.0. The molecule has 4 rings (SSSR count). The Morgan fingerprint density at radius 3 is 2.65 bits per heavy atom. The summed E-state index contributed by atoms with van der Waals surface area (Å²) in [5, 5.41) is 13.2. The van der Waals surface area contributed by atoms with E-state index in [1.807, 2.05) is 12.1 Å². The lowest BCUT2D eigenvalue weighted by Gasteiger charge is -2.35. The highest BCUT2D eigenvalue weighted by atomic mass is 16.5. The fourth-order valence-electron chi connectivity index (χ4n) is 5.02. The molecule has 9 heteroatoms. The zero-order valence-electron chi connectivity index (χ0n) is 20.5. The molecule has 34 heavy (non-hydrogen) atoms. The number of carbonyl (C=O) groups is 1. The molecule has 1 unspecified atom stereocenters. The second-order valence-corrected chi connectivity index (χ2v) is 9.18. The average molecular weight is 467 g/mol. The van der Waals surface area contributed by atoms with Crippen molar-refractivity contribution >= 4 is 16.9 Å². The Hall–Kier alpha value is -3.07. The van der Waals surface area contributed by atoms with Crippen molar-refractivity contribution in [2.45, 2.75) is 85.0 Å². The molecule has 1 aliphatic rings. The number of ether oxygens (including phenoxy) is 1. The molecule has 0 amide bonds. The molecule has 2 heterocycles. The minimum absolute atomic E-state index is 0.0274. The predicted octanol–water partition coefficient (Wildman–Crippen LogP) is 3.59. The summed E-state index contributed by atoms with van der Waals surface area (Å²) in [5.41, 5.74) is 3.87. The van der Waals surface area contributed by atoms with Crippen molar-refractivity contribution in [1.29, 1.82) is 0 Å². The van der Waals surface area contributed by atoms with Crippen molar-refractivity contribution in [3.63, 3.8) is 0 Å². The number of rotatable bonds is 9. The number of hydrogen-bond acceptors (Lipinski definition) is 7. The molecule has 0 aliphatic heterocycles. The number of H-pyrrole nitrogens is 1. The number of aromatic amines is 1. The Labute approximate surface area is 199 Å². The third kappa shape index (κ3) is 5.04. The van der Waals surface area contributed by atoms with Crippen LogP contribution in [0.5, 0.6) is 0 Å². The van der Waals surface area contributed by atoms with Crippen LogP contribution >= 0.6 is 0 Å². The van der Waals surface area contributed by atoms with Gasteiger partial charge in [-0.1, -0.05) is 19.8 Å². The number of hydrogen-bond donors (Lipinski definition) is 1. The molecule has 1 N–H and O–H groups in total. The van der Waals surface area contributed by atoms with Crippen molar-refractivity contribution in [2.75, 3.05) is 6.61 Å². The summed E-state index contributed by atoms with van der Waals surface area (Å²) in [6.45, 7) is 8.78. The van der Waals surface area contributed by atoms with Crippen LogP contribution < -0.4 is 5.56 Å². The molecule has 3 aromatic rings. The number of aryl methyl sites for hydroxylation is 2. The van der Waals surface area contributed by atoms with Gasteiger partial charge in [0.1, 0.15) is 6.54 Å². The molecule has 1 aliphatic carbocycles. The van der Waals surface area contributed by atoms with E-state index in [1.54, 1.807) is 6.92 Å². The smallest absolute Gasteiger partial charge is 0.327 e. The van der Waals surface area contributed by atoms with E-state index < -0.39 is 0 Å². The Morgan fingerprint density at radius 2 is 1.94 bits per heavy atom. The summed E-state index contributed by atoms with van der Waals surface area (Å²) in [6, 6.07) is 6.37. The molecule has 2 aromatic heterocycles. The van der Waals surface area contributed by atoms with Crippen LogP contribution in [0.15, 0.2) is 23.0 Å². The molecule has 0 spiro atoms. The molecule has 0 radical (unpaired) electrons. The SMILES string of the molecule is CCOC(=O)Cn1nnnc1C(CC)N(Cc1cc2cc(C)c(C)cc2[nH]c1=O)C1CCCC1. The minimum atomic E-state index is -0.366. The first-order valence-corrected chi connectivity index (χ1v) is 12.2. The number of fused-ring (bicyclic) bond motifs is 1. The number of esters is 1. The van der Waals surface area contributed by atoms with Crippen LogP contribution in [0, 0.1) is 13.8 Å². The van der Waals surface area contributed by atoms with Crippen molar-refractivity contribution < 1.29 is 9.53 Å². The number of aromatic nitrogens is 5. The zero-order valence-corrected chi connectivity index (χ0v) is 20.5. The van der Waals surface area contributed by atoms with E-state index in [-0.39, 0.29) is 24.1 Å². The molecule has 1 saturated carbocycles. The lowest BCUT2D eigenvalue weighted by molar-refractivity contribution is -0.144. The van der Waals surface area contributed by atoms with Crippen molar-refractivity contribution in [1.82, 2.24) is 30.1 Å². The van der Waals surface area contributed by atoms with Crippen LogP contribution in [-0.4, -0.2) is 48.7 Å². The van der Waals surface area contributed by atoms with Crippen LogP contribution in [0.3, 0.4) is 0 Å². The number of carbonyl (C=O) groups excluding carboxylic acids is 1. The summed E-state index contributed by atoms with van der Waals surface area (Å²) in [7, 11) is 0. The van der Waals surface area contributed by atoms with Gasteiger partial charge < -0.3 is 9.72 Å². The van der Waals surface area contributed by atoms with Gasteiger partial charge >= 0.3 is 5.97 Å². The first kappa shape index (κ1) is 24.1. The number of nitrogens with zero attached hydrogens (tertiary/aromatic N) is 5. The van der Waals surface area contributed by atoms with Crippen molar-refractivity contribution in [2.24, 2.45) is 0 Å². The normalized spacial score (nSPS) is 15.3. The summed E-state index contributed by atoms with van der Waals surface area (Å²) >= 11 is 0. The van der Waals surface area contributed by atoms with E-state index >= 15 is 0 Å². The van der Waals surface area contributed by atoms with Gasteiger partial charge in [-0.2, -0.15) is 0 Å². The average Bonchev–Trinajstić information content (AvgIpc) is 3.48. The summed E-state index contributed by atoms with van der Waals surface area (Å²) in [6.07, 6.45) is 5.22. The van der Waals surface area contributed by atoms with E-state index in [0.29, 0.717) is 25.0 Å². The number of benzene rings is 1. The first-order chi connectivity index (χ1) is 16.4. The standard InChI is InChI=1S/C25H34N6O3/c1-5-22(24-27-28-29-31(24)15-23(32)34-6-2)30(20-9-7-8-10-20)14-19-13-18-11-16(3)17(4)12-21(18)26-25(19)33/h11-13,20,22H,5-10,14-15H2,1-4H3,(H,26,33). The largest absolute Gasteiger partial charge is 0.465 e. The first-order valence-electron chi connectivity index (χ1n) is 12.2. The number of pyridine rings is 1. The van der Waals surface area contributed by atoms with Gasteiger partial charge in [0.25, 0.3) is 5.56 Å². The Kier molecular flexibility index (Phi) is 7.41. The third-order valence-corrected chi connectivity index (χ3v) is 6.91. The second-order valence-electron chi connectivity index (χ2n) is 9.18. The van der Waals surface area contributed by atoms with Crippen molar-refractivity contribution in [3.8, 4) is 0 Å². The van der Waals surface area contributed by atoms with Crippen LogP contribution in [0.2, 0.25) is 0 Å². The molecule has 0 bridgehead atoms. The van der Waals surface area contributed by atoms with Gasteiger partial charge in [0.05, 0.1) is 12.6 Å². The highest BCUT2D eigenvalue weighted by Crippen LogP contribution is 2.33. The second kappa shape index (κ2) is 10.5. The fraction of sp³-hybridized carbons (Fsp3) is 0.560. The monoisotopic (exact) mass is 466 g/mol. The topological polar surface area (TPSA) is 106 Å². The molecule has 1 fully saturated rings. The molecule has 182 valence electrons. The zero-order chi connectivity index (χ0) is 24.2. The number of tetrazole rings is 1. The Balaban J connectivity index is 1.70. The summed E-state index contributed by atoms with van der Waals surface area (Å²) in [5.74, 6) is 0.265. The molecule has 1 aromatic carbocycles. The van der Waals surface area contributed by atoms with E-state index in [0.717, 1.165) is 54.1 Å².